The molecule has 0 atom stereocenters. The SMILES string of the molecule is CCCOC(C=C(c1ccc(N(C)C)cc1)c1ccc(N(C)C)cc1)C=C(c1ccc(N(C)C)cc1)c1ccc(N(C)C)cc1. The minimum Gasteiger partial charge on any atom is -0.378 e. The van der Waals surface area contributed by atoms with Gasteiger partial charge in [-0.1, -0.05) is 55.5 Å². The van der Waals surface area contributed by atoms with Crippen molar-refractivity contribution in [2.24, 2.45) is 0 Å². The number of rotatable bonds is 13. The summed E-state index contributed by atoms with van der Waals surface area (Å²) in [6, 6.07) is 35.1. The highest BCUT2D eigenvalue weighted by atomic mass is 16.5. The van der Waals surface area contributed by atoms with E-state index in [2.05, 4.69) is 192 Å². The third-order valence-electron chi connectivity index (χ3n) is 7.96. The van der Waals surface area contributed by atoms with Gasteiger partial charge in [0, 0.05) is 85.7 Å². The van der Waals surface area contributed by atoms with Gasteiger partial charge in [0.1, 0.15) is 0 Å². The lowest BCUT2D eigenvalue weighted by Gasteiger charge is -2.20. The van der Waals surface area contributed by atoms with Crippen LogP contribution in [0.3, 0.4) is 0 Å². The van der Waals surface area contributed by atoms with Crippen LogP contribution in [0.1, 0.15) is 35.6 Å². The molecule has 0 spiro atoms. The Morgan fingerprint density at radius 1 is 0.467 bits per heavy atom. The molecule has 0 aliphatic rings. The lowest BCUT2D eigenvalue weighted by atomic mass is 9.93. The molecular weight excluding hydrogens is 552 g/mol. The first-order valence-corrected chi connectivity index (χ1v) is 15.7. The number of hydrogen-bond donors (Lipinski definition) is 0. The molecule has 0 N–H and O–H groups in total. The van der Waals surface area contributed by atoms with E-state index in [9.17, 15) is 0 Å². The molecule has 0 fully saturated rings. The summed E-state index contributed by atoms with van der Waals surface area (Å²) in [5.41, 5.74) is 11.6. The average molecular weight is 603 g/mol. The summed E-state index contributed by atoms with van der Waals surface area (Å²) in [4.78, 5) is 8.52. The van der Waals surface area contributed by atoms with Crippen LogP contribution in [-0.4, -0.2) is 69.1 Å². The fraction of sp³-hybridized carbons (Fsp3) is 0.300. The Hall–Kier alpha value is -4.48. The molecule has 0 heterocycles. The van der Waals surface area contributed by atoms with Crippen molar-refractivity contribution in [3.63, 3.8) is 0 Å². The Morgan fingerprint density at radius 2 is 0.711 bits per heavy atom. The van der Waals surface area contributed by atoms with E-state index in [-0.39, 0.29) is 6.10 Å². The first-order chi connectivity index (χ1) is 21.6. The Balaban J connectivity index is 1.89. The topological polar surface area (TPSA) is 22.2 Å². The van der Waals surface area contributed by atoms with Crippen LogP contribution in [0.15, 0.2) is 109 Å². The average Bonchev–Trinajstić information content (AvgIpc) is 3.04. The van der Waals surface area contributed by atoms with Crippen LogP contribution >= 0.6 is 0 Å². The van der Waals surface area contributed by atoms with Gasteiger partial charge in [0.15, 0.2) is 0 Å². The number of benzene rings is 4. The van der Waals surface area contributed by atoms with Crippen LogP contribution in [0.5, 0.6) is 0 Å². The van der Waals surface area contributed by atoms with Crippen molar-refractivity contribution in [2.75, 3.05) is 82.6 Å². The monoisotopic (exact) mass is 602 g/mol. The quantitative estimate of drug-likeness (QED) is 0.153. The van der Waals surface area contributed by atoms with Crippen molar-refractivity contribution in [3.8, 4) is 0 Å². The zero-order valence-corrected chi connectivity index (χ0v) is 28.6. The maximum absolute atomic E-state index is 6.60. The molecule has 0 saturated heterocycles. The van der Waals surface area contributed by atoms with Gasteiger partial charge >= 0.3 is 0 Å². The minimum absolute atomic E-state index is 0.251. The molecule has 0 unspecified atom stereocenters. The van der Waals surface area contributed by atoms with Crippen LogP contribution in [0.25, 0.3) is 11.1 Å². The molecule has 0 bridgehead atoms. The van der Waals surface area contributed by atoms with Crippen molar-refractivity contribution in [2.45, 2.75) is 19.4 Å². The Labute approximate surface area is 271 Å². The van der Waals surface area contributed by atoms with Gasteiger partial charge in [-0.3, -0.25) is 0 Å². The van der Waals surface area contributed by atoms with Crippen molar-refractivity contribution in [1.29, 1.82) is 0 Å². The van der Waals surface area contributed by atoms with Crippen LogP contribution in [0, 0.1) is 0 Å². The van der Waals surface area contributed by atoms with Crippen molar-refractivity contribution >= 4 is 33.9 Å². The minimum atomic E-state index is -0.251. The van der Waals surface area contributed by atoms with E-state index in [0.717, 1.165) is 39.8 Å². The van der Waals surface area contributed by atoms with Crippen molar-refractivity contribution in [1.82, 2.24) is 0 Å². The second-order valence-corrected chi connectivity index (χ2v) is 12.3. The first-order valence-electron chi connectivity index (χ1n) is 15.7. The van der Waals surface area contributed by atoms with Crippen LogP contribution in [0.4, 0.5) is 22.7 Å². The van der Waals surface area contributed by atoms with Gasteiger partial charge in [-0.25, -0.2) is 0 Å². The van der Waals surface area contributed by atoms with Gasteiger partial charge < -0.3 is 24.3 Å². The van der Waals surface area contributed by atoms with Crippen molar-refractivity contribution in [3.05, 3.63) is 131 Å². The van der Waals surface area contributed by atoms with E-state index < -0.39 is 0 Å². The summed E-state index contributed by atoms with van der Waals surface area (Å²) in [6.07, 6.45) is 5.26. The lowest BCUT2D eigenvalue weighted by Crippen LogP contribution is -2.12. The Bertz CT molecular complexity index is 1320. The van der Waals surface area contributed by atoms with E-state index in [0.29, 0.717) is 6.61 Å². The Kier molecular flexibility index (Phi) is 11.5. The first kappa shape index (κ1) is 33.4. The molecule has 5 nitrogen and oxygen atoms in total. The second-order valence-electron chi connectivity index (χ2n) is 12.3. The number of hydrogen-bond acceptors (Lipinski definition) is 5. The second kappa shape index (κ2) is 15.5. The largest absolute Gasteiger partial charge is 0.378 e. The predicted molar refractivity (Wildman–Crippen MR) is 197 cm³/mol. The molecule has 4 rings (SSSR count). The lowest BCUT2D eigenvalue weighted by molar-refractivity contribution is 0.116. The summed E-state index contributed by atoms with van der Waals surface area (Å²) in [5.74, 6) is 0. The summed E-state index contributed by atoms with van der Waals surface area (Å²) >= 11 is 0. The molecule has 4 aromatic carbocycles. The molecule has 0 saturated carbocycles. The molecule has 0 amide bonds. The maximum atomic E-state index is 6.60. The number of nitrogens with zero attached hydrogens (tertiary/aromatic N) is 4. The Morgan fingerprint density at radius 3 is 0.911 bits per heavy atom. The zero-order valence-electron chi connectivity index (χ0n) is 28.6. The van der Waals surface area contributed by atoms with Gasteiger partial charge in [-0.2, -0.15) is 0 Å². The van der Waals surface area contributed by atoms with Crippen LogP contribution in [-0.2, 0) is 4.74 Å². The van der Waals surface area contributed by atoms with Gasteiger partial charge in [0.2, 0.25) is 0 Å². The van der Waals surface area contributed by atoms with Gasteiger partial charge in [0.25, 0.3) is 0 Å². The predicted octanol–water partition coefficient (Wildman–Crippen LogP) is 8.31. The third-order valence-corrected chi connectivity index (χ3v) is 7.96. The molecule has 5 heteroatoms. The molecule has 0 aromatic heterocycles. The number of anilines is 4. The highest BCUT2D eigenvalue weighted by Gasteiger charge is 2.15. The van der Waals surface area contributed by atoms with Gasteiger partial charge in [-0.15, -0.1) is 0 Å². The smallest absolute Gasteiger partial charge is 0.0955 e. The van der Waals surface area contributed by atoms with E-state index >= 15 is 0 Å². The van der Waals surface area contributed by atoms with Gasteiger partial charge in [-0.05, 0) is 101 Å². The van der Waals surface area contributed by atoms with E-state index in [4.69, 9.17) is 4.74 Å². The third kappa shape index (κ3) is 8.80. The molecule has 0 radical (unpaired) electrons. The van der Waals surface area contributed by atoms with E-state index in [1.165, 1.54) is 22.7 Å². The molecule has 0 aliphatic carbocycles. The normalized spacial score (nSPS) is 10.8. The van der Waals surface area contributed by atoms with Gasteiger partial charge in [0.05, 0.1) is 6.10 Å². The van der Waals surface area contributed by atoms with Crippen LogP contribution < -0.4 is 19.6 Å². The fourth-order valence-corrected chi connectivity index (χ4v) is 5.20. The molecular formula is C40H50N4O. The highest BCUT2D eigenvalue weighted by molar-refractivity contribution is 5.84. The molecule has 0 aliphatic heterocycles. The molecule has 4 aromatic rings. The fourth-order valence-electron chi connectivity index (χ4n) is 5.20. The maximum Gasteiger partial charge on any atom is 0.0955 e. The van der Waals surface area contributed by atoms with E-state index in [1.807, 2.05) is 0 Å². The summed E-state index contributed by atoms with van der Waals surface area (Å²) < 4.78 is 6.60. The van der Waals surface area contributed by atoms with E-state index in [1.54, 1.807) is 0 Å². The standard InChI is InChI=1S/C40H50N4O/c1-10-27-45-38(28-39(30-11-19-34(20-12-30)41(2)3)31-13-21-35(22-14-31)42(4)5)29-40(32-15-23-36(24-16-32)43(6)7)33-17-25-37(26-18-33)44(8)9/h11-26,28-29,38H,10,27H2,1-9H3. The molecule has 45 heavy (non-hydrogen) atoms. The summed E-state index contributed by atoms with van der Waals surface area (Å²) in [5, 5.41) is 0. The zero-order chi connectivity index (χ0) is 32.5. The summed E-state index contributed by atoms with van der Waals surface area (Å²) in [7, 11) is 16.6. The summed E-state index contributed by atoms with van der Waals surface area (Å²) in [6.45, 7) is 2.82. The molecule has 236 valence electrons. The highest BCUT2D eigenvalue weighted by Crippen LogP contribution is 2.31. The van der Waals surface area contributed by atoms with Crippen molar-refractivity contribution < 1.29 is 4.74 Å². The number of ether oxygens (including phenoxy) is 1. The van der Waals surface area contributed by atoms with Crippen LogP contribution in [0.2, 0.25) is 0 Å².